The number of ether oxygens (including phenoxy) is 1. The van der Waals surface area contributed by atoms with Crippen molar-refractivity contribution in [2.75, 3.05) is 13.7 Å². The number of rotatable bonds is 8. The van der Waals surface area contributed by atoms with E-state index in [2.05, 4.69) is 10.3 Å². The van der Waals surface area contributed by atoms with Gasteiger partial charge in [-0.1, -0.05) is 54.6 Å². The highest BCUT2D eigenvalue weighted by Crippen LogP contribution is 2.45. The summed E-state index contributed by atoms with van der Waals surface area (Å²) >= 11 is 1.48. The number of nitrogens with one attached hydrogen (secondary N) is 1. The number of allylic oxidation sites excluding steroid dienone is 1. The number of aromatic nitrogens is 1. The van der Waals surface area contributed by atoms with Crippen LogP contribution in [0.2, 0.25) is 0 Å². The van der Waals surface area contributed by atoms with E-state index in [1.54, 1.807) is 6.20 Å². The number of amides is 1. The molecule has 34 heavy (non-hydrogen) atoms. The first-order valence-corrected chi connectivity index (χ1v) is 12.2. The van der Waals surface area contributed by atoms with Crippen LogP contribution in [0.4, 0.5) is 0 Å². The molecule has 1 N–H and O–H groups in total. The van der Waals surface area contributed by atoms with E-state index in [0.717, 1.165) is 27.7 Å². The molecule has 2 aliphatic heterocycles. The minimum absolute atomic E-state index is 0.0865. The molecule has 176 valence electrons. The van der Waals surface area contributed by atoms with Crippen molar-refractivity contribution in [1.29, 1.82) is 0 Å². The molecule has 0 spiro atoms. The molecule has 8 heteroatoms. The lowest BCUT2D eigenvalue weighted by Gasteiger charge is -2.36. The van der Waals surface area contributed by atoms with Crippen LogP contribution in [-0.2, 0) is 20.7 Å². The SMILES string of the molecule is CCC1=C(C(=O)OC)C(c2ccc(C)cc2)N2C(CC(=O)NCCc3ccccn3)=CSC2=N1. The molecule has 2 aromatic rings. The highest BCUT2D eigenvalue weighted by molar-refractivity contribution is 8.16. The van der Waals surface area contributed by atoms with Gasteiger partial charge in [-0.15, -0.1) is 0 Å². The van der Waals surface area contributed by atoms with E-state index in [0.29, 0.717) is 30.7 Å². The van der Waals surface area contributed by atoms with Crippen molar-refractivity contribution >= 4 is 28.8 Å². The lowest BCUT2D eigenvalue weighted by molar-refractivity contribution is -0.136. The summed E-state index contributed by atoms with van der Waals surface area (Å²) < 4.78 is 5.15. The number of hydrogen-bond donors (Lipinski definition) is 1. The molecule has 1 unspecified atom stereocenters. The summed E-state index contributed by atoms with van der Waals surface area (Å²) in [5.41, 5.74) is 5.05. The topological polar surface area (TPSA) is 83.9 Å². The van der Waals surface area contributed by atoms with Crippen LogP contribution >= 0.6 is 11.8 Å². The molecule has 2 aliphatic rings. The Morgan fingerprint density at radius 1 is 1.18 bits per heavy atom. The van der Waals surface area contributed by atoms with Gasteiger partial charge in [0.15, 0.2) is 5.17 Å². The Kier molecular flexibility index (Phi) is 7.47. The number of aliphatic imine (C=N–C) groups is 1. The van der Waals surface area contributed by atoms with E-state index in [9.17, 15) is 9.59 Å². The van der Waals surface area contributed by atoms with Crippen molar-refractivity contribution in [3.63, 3.8) is 0 Å². The van der Waals surface area contributed by atoms with Gasteiger partial charge in [0.2, 0.25) is 5.91 Å². The van der Waals surface area contributed by atoms with Crippen LogP contribution in [0.3, 0.4) is 0 Å². The maximum atomic E-state index is 12.9. The van der Waals surface area contributed by atoms with Gasteiger partial charge >= 0.3 is 5.97 Å². The van der Waals surface area contributed by atoms with Crippen LogP contribution in [0.15, 0.2) is 76.0 Å². The first kappa shape index (κ1) is 23.8. The Morgan fingerprint density at radius 3 is 2.65 bits per heavy atom. The molecule has 0 radical (unpaired) electrons. The quantitative estimate of drug-likeness (QED) is 0.573. The molecule has 3 heterocycles. The molecule has 4 rings (SSSR count). The fraction of sp³-hybridized carbons (Fsp3) is 0.308. The average Bonchev–Trinajstić information content (AvgIpc) is 3.25. The molecule has 0 bridgehead atoms. The molecular formula is C26H28N4O3S. The smallest absolute Gasteiger partial charge is 0.338 e. The summed E-state index contributed by atoms with van der Waals surface area (Å²) in [6, 6.07) is 13.4. The highest BCUT2D eigenvalue weighted by Gasteiger charge is 2.41. The second-order valence-corrected chi connectivity index (χ2v) is 8.94. The van der Waals surface area contributed by atoms with Gasteiger partial charge in [-0.2, -0.15) is 0 Å². The fourth-order valence-electron chi connectivity index (χ4n) is 4.08. The number of hydrogen-bond acceptors (Lipinski definition) is 7. The second kappa shape index (κ2) is 10.7. The van der Waals surface area contributed by atoms with Crippen LogP contribution in [0.1, 0.15) is 42.6 Å². The molecule has 1 aromatic heterocycles. The van der Waals surface area contributed by atoms with Crippen molar-refractivity contribution < 1.29 is 14.3 Å². The molecule has 0 saturated carbocycles. The number of methoxy groups -OCH3 is 1. The van der Waals surface area contributed by atoms with Gasteiger partial charge < -0.3 is 15.0 Å². The van der Waals surface area contributed by atoms with Crippen LogP contribution in [0, 0.1) is 6.92 Å². The predicted octanol–water partition coefficient (Wildman–Crippen LogP) is 4.28. The summed E-state index contributed by atoms with van der Waals surface area (Å²) in [5, 5.41) is 5.70. The van der Waals surface area contributed by atoms with Crippen molar-refractivity contribution in [3.8, 4) is 0 Å². The third-order valence-electron chi connectivity index (χ3n) is 5.79. The van der Waals surface area contributed by atoms with Gasteiger partial charge in [-0.25, -0.2) is 9.79 Å². The number of thioether (sulfide) groups is 1. The summed E-state index contributed by atoms with van der Waals surface area (Å²) in [6.07, 6.45) is 3.20. The summed E-state index contributed by atoms with van der Waals surface area (Å²) in [6.45, 7) is 4.51. The molecule has 0 fully saturated rings. The number of carbonyl (C=O) groups is 2. The van der Waals surface area contributed by atoms with E-state index in [4.69, 9.17) is 9.73 Å². The van der Waals surface area contributed by atoms with Crippen LogP contribution < -0.4 is 5.32 Å². The predicted molar refractivity (Wildman–Crippen MR) is 134 cm³/mol. The van der Waals surface area contributed by atoms with Gasteiger partial charge in [-0.3, -0.25) is 9.78 Å². The third kappa shape index (κ3) is 5.07. The van der Waals surface area contributed by atoms with E-state index in [1.165, 1.54) is 18.9 Å². The average molecular weight is 477 g/mol. The number of carbonyl (C=O) groups excluding carboxylic acids is 2. The Balaban J connectivity index is 1.56. The highest BCUT2D eigenvalue weighted by atomic mass is 32.2. The molecule has 1 amide bonds. The maximum absolute atomic E-state index is 12.9. The minimum Gasteiger partial charge on any atom is -0.466 e. The zero-order chi connectivity index (χ0) is 24.1. The lowest BCUT2D eigenvalue weighted by atomic mass is 9.92. The van der Waals surface area contributed by atoms with Crippen LogP contribution in [0.5, 0.6) is 0 Å². The van der Waals surface area contributed by atoms with Crippen molar-refractivity contribution in [2.24, 2.45) is 4.99 Å². The first-order valence-electron chi connectivity index (χ1n) is 11.3. The summed E-state index contributed by atoms with van der Waals surface area (Å²) in [4.78, 5) is 36.7. The molecular weight excluding hydrogens is 448 g/mol. The Labute approximate surface area is 204 Å². The molecule has 1 atom stereocenters. The number of benzene rings is 1. The van der Waals surface area contributed by atoms with Gasteiger partial charge in [0.05, 0.1) is 30.8 Å². The van der Waals surface area contributed by atoms with E-state index in [-0.39, 0.29) is 12.3 Å². The van der Waals surface area contributed by atoms with Crippen LogP contribution in [0.25, 0.3) is 0 Å². The monoisotopic (exact) mass is 476 g/mol. The number of pyridine rings is 1. The molecule has 0 saturated heterocycles. The van der Waals surface area contributed by atoms with Gasteiger partial charge in [0.25, 0.3) is 0 Å². The summed E-state index contributed by atoms with van der Waals surface area (Å²) in [5.74, 6) is -0.488. The molecule has 7 nitrogen and oxygen atoms in total. The van der Waals surface area contributed by atoms with Crippen LogP contribution in [-0.4, -0.2) is 40.6 Å². The van der Waals surface area contributed by atoms with E-state index >= 15 is 0 Å². The van der Waals surface area contributed by atoms with Gasteiger partial charge in [0.1, 0.15) is 0 Å². The van der Waals surface area contributed by atoms with Crippen molar-refractivity contribution in [3.05, 3.63) is 87.9 Å². The maximum Gasteiger partial charge on any atom is 0.338 e. The van der Waals surface area contributed by atoms with E-state index in [1.807, 2.05) is 66.6 Å². The Bertz CT molecular complexity index is 1160. The summed E-state index contributed by atoms with van der Waals surface area (Å²) in [7, 11) is 1.39. The number of fused-ring (bicyclic) bond motifs is 1. The Morgan fingerprint density at radius 2 is 1.97 bits per heavy atom. The number of aryl methyl sites for hydroxylation is 1. The zero-order valence-electron chi connectivity index (χ0n) is 19.6. The van der Waals surface area contributed by atoms with E-state index < -0.39 is 12.0 Å². The largest absolute Gasteiger partial charge is 0.466 e. The van der Waals surface area contributed by atoms with Crippen molar-refractivity contribution in [2.45, 2.75) is 39.2 Å². The number of amidine groups is 1. The van der Waals surface area contributed by atoms with Crippen molar-refractivity contribution in [1.82, 2.24) is 15.2 Å². The first-order chi connectivity index (χ1) is 16.5. The molecule has 0 aliphatic carbocycles. The minimum atomic E-state index is -0.405. The normalized spacial score (nSPS) is 17.1. The standard InChI is InChI=1S/C26H28N4O3S/c1-4-21-23(25(32)33-3)24(18-10-8-17(2)9-11-18)30-20(16-34-26(30)29-21)15-22(31)28-14-12-19-7-5-6-13-27-19/h5-11,13,16,24H,4,12,14-15H2,1-3H3,(H,28,31). The lowest BCUT2D eigenvalue weighted by Crippen LogP contribution is -2.38. The van der Waals surface area contributed by atoms with Gasteiger partial charge in [0, 0.05) is 30.6 Å². The third-order valence-corrected chi connectivity index (χ3v) is 6.68. The number of esters is 1. The zero-order valence-corrected chi connectivity index (χ0v) is 20.4. The van der Waals surface area contributed by atoms with Gasteiger partial charge in [-0.05, 0) is 36.4 Å². The Hall–Kier alpha value is -3.39. The number of nitrogens with zero attached hydrogens (tertiary/aromatic N) is 3. The second-order valence-electron chi connectivity index (χ2n) is 8.11. The molecule has 1 aromatic carbocycles. The fourth-order valence-corrected chi connectivity index (χ4v) is 5.02.